The number of hydrazine groups is 1. The fourth-order valence-corrected chi connectivity index (χ4v) is 2.61. The summed E-state index contributed by atoms with van der Waals surface area (Å²) in [6, 6.07) is 1.99. The van der Waals surface area contributed by atoms with Crippen molar-refractivity contribution in [2.45, 2.75) is 40.0 Å². The van der Waals surface area contributed by atoms with Gasteiger partial charge >= 0.3 is 0 Å². The van der Waals surface area contributed by atoms with E-state index >= 15 is 0 Å². The van der Waals surface area contributed by atoms with E-state index in [0.717, 1.165) is 22.3 Å². The highest BCUT2D eigenvalue weighted by molar-refractivity contribution is 6.04. The molecule has 0 atom stereocenters. The van der Waals surface area contributed by atoms with Gasteiger partial charge in [0, 0.05) is 5.56 Å². The van der Waals surface area contributed by atoms with Crippen molar-refractivity contribution in [1.82, 2.24) is 10.9 Å². The summed E-state index contributed by atoms with van der Waals surface area (Å²) in [5.74, 6) is -0.438. The number of nitrogens with one attached hydrogen (secondary N) is 2. The molecule has 0 aliphatic carbocycles. The minimum atomic E-state index is -0.727. The van der Waals surface area contributed by atoms with Gasteiger partial charge in [0.1, 0.15) is 0 Å². The van der Waals surface area contributed by atoms with Gasteiger partial charge in [-0.2, -0.15) is 0 Å². The summed E-state index contributed by atoms with van der Waals surface area (Å²) in [7, 11) is 0. The maximum absolute atomic E-state index is 12.1. The molecule has 0 spiro atoms. The molecule has 2 amide bonds. The van der Waals surface area contributed by atoms with Crippen LogP contribution < -0.4 is 10.9 Å². The van der Waals surface area contributed by atoms with Crippen molar-refractivity contribution in [1.29, 1.82) is 0 Å². The predicted octanol–water partition coefficient (Wildman–Crippen LogP) is 1.66. The molecule has 0 fully saturated rings. The third kappa shape index (κ3) is 1.60. The van der Waals surface area contributed by atoms with E-state index in [1.165, 1.54) is 0 Å². The lowest BCUT2D eigenvalue weighted by atomic mass is 9.76. The Balaban J connectivity index is 2.89. The summed E-state index contributed by atoms with van der Waals surface area (Å²) in [4.78, 5) is 24.2. The molecule has 0 saturated heterocycles. The first-order chi connectivity index (χ1) is 8.26. The van der Waals surface area contributed by atoms with Gasteiger partial charge in [0.15, 0.2) is 0 Å². The number of aryl methyl sites for hydroxylation is 2. The maximum Gasteiger partial charge on any atom is 0.270 e. The van der Waals surface area contributed by atoms with Crippen molar-refractivity contribution in [2.24, 2.45) is 0 Å². The second-order valence-electron chi connectivity index (χ2n) is 5.42. The molecular formula is C14H18N2O2. The average molecular weight is 246 g/mol. The van der Waals surface area contributed by atoms with Gasteiger partial charge in [-0.25, -0.2) is 0 Å². The Hall–Kier alpha value is -1.84. The number of benzene rings is 1. The van der Waals surface area contributed by atoms with Gasteiger partial charge in [-0.05, 0) is 56.9 Å². The lowest BCUT2D eigenvalue weighted by Crippen LogP contribution is -2.45. The fourth-order valence-electron chi connectivity index (χ4n) is 2.61. The maximum atomic E-state index is 12.1. The number of fused-ring (bicyclic) bond motifs is 1. The Morgan fingerprint density at radius 2 is 1.61 bits per heavy atom. The summed E-state index contributed by atoms with van der Waals surface area (Å²) in [5, 5.41) is 0. The Labute approximate surface area is 107 Å². The molecule has 4 nitrogen and oxygen atoms in total. The number of carbonyl (C=O) groups is 2. The molecule has 0 unspecified atom stereocenters. The van der Waals surface area contributed by atoms with E-state index in [2.05, 4.69) is 10.9 Å². The molecule has 4 heteroatoms. The molecule has 1 aliphatic heterocycles. The van der Waals surface area contributed by atoms with Crippen molar-refractivity contribution in [3.05, 3.63) is 33.9 Å². The van der Waals surface area contributed by atoms with Crippen molar-refractivity contribution in [3.63, 3.8) is 0 Å². The molecule has 2 N–H and O–H groups in total. The largest absolute Gasteiger partial charge is 0.272 e. The van der Waals surface area contributed by atoms with E-state index in [9.17, 15) is 9.59 Å². The molecule has 1 aromatic carbocycles. The predicted molar refractivity (Wildman–Crippen MR) is 69.3 cm³/mol. The normalized spacial score (nSPS) is 17.6. The zero-order valence-electron chi connectivity index (χ0n) is 11.4. The summed E-state index contributed by atoms with van der Waals surface area (Å²) < 4.78 is 0. The summed E-state index contributed by atoms with van der Waals surface area (Å²) in [5.41, 5.74) is 8.64. The Morgan fingerprint density at radius 3 is 2.22 bits per heavy atom. The molecule has 2 rings (SSSR count). The summed E-state index contributed by atoms with van der Waals surface area (Å²) in [6.45, 7) is 9.54. The van der Waals surface area contributed by atoms with Crippen LogP contribution in [0.25, 0.3) is 0 Å². The zero-order chi connectivity index (χ0) is 13.7. The SMILES string of the molecule is Cc1cc(C)c2c(c1C)C(C)(C)C(=O)NNC2=O. The molecule has 1 aliphatic rings. The Kier molecular flexibility index (Phi) is 2.69. The molecular weight excluding hydrogens is 228 g/mol. The van der Waals surface area contributed by atoms with Crippen molar-refractivity contribution >= 4 is 11.8 Å². The lowest BCUT2D eigenvalue weighted by molar-refractivity contribution is -0.126. The van der Waals surface area contributed by atoms with E-state index in [1.54, 1.807) is 0 Å². The van der Waals surface area contributed by atoms with E-state index < -0.39 is 5.41 Å². The van der Waals surface area contributed by atoms with Crippen molar-refractivity contribution in [2.75, 3.05) is 0 Å². The van der Waals surface area contributed by atoms with Crippen LogP contribution in [0.15, 0.2) is 6.07 Å². The highest BCUT2D eigenvalue weighted by Crippen LogP contribution is 2.34. The van der Waals surface area contributed by atoms with Crippen LogP contribution in [0.5, 0.6) is 0 Å². The minimum absolute atomic E-state index is 0.192. The first-order valence-electron chi connectivity index (χ1n) is 5.99. The smallest absolute Gasteiger partial charge is 0.270 e. The Bertz CT molecular complexity index is 559. The molecule has 0 radical (unpaired) electrons. The average Bonchev–Trinajstić information content (AvgIpc) is 2.36. The van der Waals surface area contributed by atoms with Crippen LogP contribution >= 0.6 is 0 Å². The van der Waals surface area contributed by atoms with E-state index in [-0.39, 0.29) is 11.8 Å². The van der Waals surface area contributed by atoms with E-state index in [0.29, 0.717) is 5.56 Å². The quantitative estimate of drug-likeness (QED) is 0.731. The standard InChI is InChI=1S/C14H18N2O2/c1-7-6-8(2)10-11(9(7)3)14(4,5)13(18)16-15-12(10)17/h6H,1-5H3,(H,15,17)(H,16,18). The van der Waals surface area contributed by atoms with Gasteiger partial charge in [0.25, 0.3) is 5.91 Å². The van der Waals surface area contributed by atoms with Crippen LogP contribution in [0.3, 0.4) is 0 Å². The van der Waals surface area contributed by atoms with Gasteiger partial charge < -0.3 is 0 Å². The second kappa shape index (κ2) is 3.83. The molecule has 0 aromatic heterocycles. The third-order valence-electron chi connectivity index (χ3n) is 3.75. The monoisotopic (exact) mass is 246 g/mol. The van der Waals surface area contributed by atoms with Crippen LogP contribution in [-0.4, -0.2) is 11.8 Å². The minimum Gasteiger partial charge on any atom is -0.272 e. The van der Waals surface area contributed by atoms with Crippen LogP contribution in [0.2, 0.25) is 0 Å². The van der Waals surface area contributed by atoms with Gasteiger partial charge in [-0.1, -0.05) is 6.07 Å². The van der Waals surface area contributed by atoms with E-state index in [4.69, 9.17) is 0 Å². The number of hydrogen-bond donors (Lipinski definition) is 2. The van der Waals surface area contributed by atoms with Gasteiger partial charge in [-0.3, -0.25) is 20.4 Å². The zero-order valence-corrected chi connectivity index (χ0v) is 11.4. The highest BCUT2D eigenvalue weighted by Gasteiger charge is 2.38. The van der Waals surface area contributed by atoms with Crippen molar-refractivity contribution in [3.8, 4) is 0 Å². The summed E-state index contributed by atoms with van der Waals surface area (Å²) >= 11 is 0. The molecule has 18 heavy (non-hydrogen) atoms. The van der Waals surface area contributed by atoms with E-state index in [1.807, 2.05) is 40.7 Å². The van der Waals surface area contributed by atoms with Crippen molar-refractivity contribution < 1.29 is 9.59 Å². The number of hydrogen-bond acceptors (Lipinski definition) is 2. The van der Waals surface area contributed by atoms with Crippen LogP contribution in [0.4, 0.5) is 0 Å². The molecule has 1 heterocycles. The van der Waals surface area contributed by atoms with Crippen LogP contribution in [0.1, 0.15) is 46.5 Å². The fraction of sp³-hybridized carbons (Fsp3) is 0.429. The molecule has 96 valence electrons. The summed E-state index contributed by atoms with van der Waals surface area (Å²) in [6.07, 6.45) is 0. The number of amides is 2. The molecule has 1 aromatic rings. The Morgan fingerprint density at radius 1 is 1.00 bits per heavy atom. The highest BCUT2D eigenvalue weighted by atomic mass is 16.2. The second-order valence-corrected chi connectivity index (χ2v) is 5.42. The van der Waals surface area contributed by atoms with Crippen LogP contribution in [0, 0.1) is 20.8 Å². The molecule has 0 saturated carbocycles. The first kappa shape index (κ1) is 12.6. The topological polar surface area (TPSA) is 58.2 Å². The lowest BCUT2D eigenvalue weighted by Gasteiger charge is -2.26. The van der Waals surface area contributed by atoms with Gasteiger partial charge in [-0.15, -0.1) is 0 Å². The number of rotatable bonds is 0. The number of carbonyl (C=O) groups excluding carboxylic acids is 2. The molecule has 0 bridgehead atoms. The van der Waals surface area contributed by atoms with Gasteiger partial charge in [0.2, 0.25) is 5.91 Å². The van der Waals surface area contributed by atoms with Crippen LogP contribution in [-0.2, 0) is 10.2 Å². The first-order valence-corrected chi connectivity index (χ1v) is 5.99. The van der Waals surface area contributed by atoms with Gasteiger partial charge in [0.05, 0.1) is 5.41 Å². The third-order valence-corrected chi connectivity index (χ3v) is 3.75.